The van der Waals surface area contributed by atoms with Crippen LogP contribution >= 0.6 is 0 Å². The molecular weight excluding hydrogens is 340 g/mol. The van der Waals surface area contributed by atoms with Gasteiger partial charge in [0.25, 0.3) is 5.91 Å². The zero-order valence-corrected chi connectivity index (χ0v) is 15.7. The molecule has 2 rings (SSSR count). The molecule has 1 amide bonds. The third-order valence-corrected chi connectivity index (χ3v) is 5.44. The summed E-state index contributed by atoms with van der Waals surface area (Å²) in [6.45, 7) is 3.49. The molecule has 0 saturated heterocycles. The fourth-order valence-electron chi connectivity index (χ4n) is 2.27. The quantitative estimate of drug-likeness (QED) is 0.848. The van der Waals surface area contributed by atoms with Gasteiger partial charge in [0.15, 0.2) is 0 Å². The molecule has 0 aliphatic heterocycles. The minimum absolute atomic E-state index is 0.0984. The maximum atomic E-state index is 12.5. The lowest BCUT2D eigenvalue weighted by molar-refractivity contribution is 0.102. The normalized spacial score (nSPS) is 11.2. The van der Waals surface area contributed by atoms with Crippen LogP contribution < -0.4 is 14.9 Å². The first-order chi connectivity index (χ1) is 11.7. The number of carbonyl (C=O) groups is 1. The van der Waals surface area contributed by atoms with Gasteiger partial charge in [0, 0.05) is 19.7 Å². The number of hydrogen-bond acceptors (Lipinski definition) is 5. The summed E-state index contributed by atoms with van der Waals surface area (Å²) in [6.07, 6.45) is 1.56. The van der Waals surface area contributed by atoms with Crippen LogP contribution in [0.4, 0.5) is 11.5 Å². The molecule has 2 N–H and O–H groups in total. The highest BCUT2D eigenvalue weighted by atomic mass is 32.2. The van der Waals surface area contributed by atoms with Crippen molar-refractivity contribution in [3.8, 4) is 0 Å². The fourth-order valence-corrected chi connectivity index (χ4v) is 3.34. The first-order valence-corrected chi connectivity index (χ1v) is 9.13. The number of aryl methyl sites for hydroxylation is 1. The van der Waals surface area contributed by atoms with E-state index in [0.717, 1.165) is 11.4 Å². The Morgan fingerprint density at radius 1 is 1.16 bits per heavy atom. The smallest absolute Gasteiger partial charge is 0.255 e. The molecule has 2 aromatic rings. The number of hydrogen-bond donors (Lipinski definition) is 2. The van der Waals surface area contributed by atoms with E-state index in [-0.39, 0.29) is 10.5 Å². The lowest BCUT2D eigenvalue weighted by Gasteiger charge is -2.13. The van der Waals surface area contributed by atoms with Gasteiger partial charge in [-0.15, -0.1) is 0 Å². The van der Waals surface area contributed by atoms with Crippen molar-refractivity contribution in [1.82, 2.24) is 9.71 Å². The van der Waals surface area contributed by atoms with Crippen LogP contribution in [0.25, 0.3) is 0 Å². The van der Waals surface area contributed by atoms with Crippen molar-refractivity contribution in [3.63, 3.8) is 0 Å². The maximum absolute atomic E-state index is 12.5. The van der Waals surface area contributed by atoms with Gasteiger partial charge in [-0.2, -0.15) is 0 Å². The van der Waals surface area contributed by atoms with Crippen molar-refractivity contribution in [2.75, 3.05) is 31.4 Å². The van der Waals surface area contributed by atoms with E-state index in [0.29, 0.717) is 11.3 Å². The number of sulfonamides is 1. The van der Waals surface area contributed by atoms with Crippen molar-refractivity contribution in [2.45, 2.75) is 18.7 Å². The molecule has 0 atom stereocenters. The van der Waals surface area contributed by atoms with Gasteiger partial charge in [0.2, 0.25) is 10.0 Å². The van der Waals surface area contributed by atoms with E-state index in [1.54, 1.807) is 38.2 Å². The van der Waals surface area contributed by atoms with Gasteiger partial charge < -0.3 is 10.2 Å². The van der Waals surface area contributed by atoms with Crippen molar-refractivity contribution < 1.29 is 13.2 Å². The van der Waals surface area contributed by atoms with Gasteiger partial charge in [0.05, 0.1) is 16.8 Å². The summed E-state index contributed by atoms with van der Waals surface area (Å²) in [5.41, 5.74) is 2.14. The molecule has 0 radical (unpaired) electrons. The van der Waals surface area contributed by atoms with Gasteiger partial charge in [0.1, 0.15) is 5.82 Å². The summed E-state index contributed by atoms with van der Waals surface area (Å²) in [5.74, 6) is 0.377. The molecule has 25 heavy (non-hydrogen) atoms. The Morgan fingerprint density at radius 3 is 2.36 bits per heavy atom. The summed E-state index contributed by atoms with van der Waals surface area (Å²) in [6, 6.07) is 6.57. The lowest BCUT2D eigenvalue weighted by atomic mass is 10.1. The summed E-state index contributed by atoms with van der Waals surface area (Å²) >= 11 is 0. The molecule has 1 aromatic heterocycles. The highest BCUT2D eigenvalue weighted by Crippen LogP contribution is 2.22. The zero-order chi connectivity index (χ0) is 18.8. The average molecular weight is 362 g/mol. The Labute approximate surface area is 148 Å². The summed E-state index contributed by atoms with van der Waals surface area (Å²) in [5, 5.41) is 2.73. The van der Waals surface area contributed by atoms with E-state index >= 15 is 0 Å². The summed E-state index contributed by atoms with van der Waals surface area (Å²) in [7, 11) is 1.45. The molecule has 0 unspecified atom stereocenters. The van der Waals surface area contributed by atoms with Crippen LogP contribution in [0.15, 0.2) is 35.4 Å². The third-order valence-electron chi connectivity index (χ3n) is 3.90. The molecule has 0 aliphatic carbocycles. The number of carbonyl (C=O) groups excluding carboxylic acids is 1. The Morgan fingerprint density at radius 2 is 1.84 bits per heavy atom. The zero-order valence-electron chi connectivity index (χ0n) is 14.9. The fraction of sp³-hybridized carbons (Fsp3) is 0.294. The molecule has 0 spiro atoms. The molecule has 1 heterocycles. The van der Waals surface area contributed by atoms with Gasteiger partial charge in [-0.3, -0.25) is 4.79 Å². The number of nitrogens with one attached hydrogen (secondary N) is 2. The second-order valence-corrected chi connectivity index (χ2v) is 7.73. The van der Waals surface area contributed by atoms with E-state index < -0.39 is 15.9 Å². The van der Waals surface area contributed by atoms with Gasteiger partial charge in [-0.1, -0.05) is 0 Å². The van der Waals surface area contributed by atoms with Crippen LogP contribution in [-0.2, 0) is 10.0 Å². The van der Waals surface area contributed by atoms with Crippen molar-refractivity contribution >= 4 is 27.4 Å². The first-order valence-electron chi connectivity index (χ1n) is 7.65. The second kappa shape index (κ2) is 7.20. The summed E-state index contributed by atoms with van der Waals surface area (Å²) in [4.78, 5) is 18.7. The van der Waals surface area contributed by atoms with Crippen LogP contribution in [0.2, 0.25) is 0 Å². The Balaban J connectivity index is 2.33. The number of anilines is 2. The molecule has 134 valence electrons. The molecular formula is C17H22N4O3S. The van der Waals surface area contributed by atoms with E-state index in [9.17, 15) is 13.2 Å². The topological polar surface area (TPSA) is 91.4 Å². The van der Waals surface area contributed by atoms with Gasteiger partial charge in [-0.05, 0) is 56.3 Å². The maximum Gasteiger partial charge on any atom is 0.255 e. The number of pyridine rings is 1. The first kappa shape index (κ1) is 18.9. The second-order valence-electron chi connectivity index (χ2n) is 5.88. The predicted molar refractivity (Wildman–Crippen MR) is 98.7 cm³/mol. The monoisotopic (exact) mass is 362 g/mol. The van der Waals surface area contributed by atoms with E-state index in [1.807, 2.05) is 19.0 Å². The molecule has 1 aromatic carbocycles. The number of aromatic nitrogens is 1. The van der Waals surface area contributed by atoms with Crippen molar-refractivity contribution in [3.05, 3.63) is 47.2 Å². The van der Waals surface area contributed by atoms with E-state index in [4.69, 9.17) is 0 Å². The third kappa shape index (κ3) is 4.15. The SMILES string of the molecule is CNS(=O)(=O)c1cc(C(=O)Nc2ccc(N(C)C)nc2)cc(C)c1C. The Hall–Kier alpha value is -2.45. The predicted octanol–water partition coefficient (Wildman–Crippen LogP) is 1.92. The summed E-state index contributed by atoms with van der Waals surface area (Å²) < 4.78 is 26.6. The highest BCUT2D eigenvalue weighted by molar-refractivity contribution is 7.89. The van der Waals surface area contributed by atoms with Gasteiger partial charge in [-0.25, -0.2) is 18.1 Å². The standard InChI is InChI=1S/C17H22N4O3S/c1-11-8-13(9-15(12(11)2)25(23,24)18-3)17(22)20-14-6-7-16(19-10-14)21(4)5/h6-10,18H,1-5H3,(H,20,22). The molecule has 0 bridgehead atoms. The van der Waals surface area contributed by atoms with E-state index in [1.165, 1.54) is 13.1 Å². The lowest BCUT2D eigenvalue weighted by Crippen LogP contribution is -2.21. The van der Waals surface area contributed by atoms with Gasteiger partial charge >= 0.3 is 0 Å². The molecule has 8 heteroatoms. The molecule has 7 nitrogen and oxygen atoms in total. The largest absolute Gasteiger partial charge is 0.363 e. The number of amides is 1. The van der Waals surface area contributed by atoms with Crippen molar-refractivity contribution in [2.24, 2.45) is 0 Å². The van der Waals surface area contributed by atoms with Crippen LogP contribution in [-0.4, -0.2) is 40.5 Å². The van der Waals surface area contributed by atoms with E-state index in [2.05, 4.69) is 15.0 Å². The molecule has 0 saturated carbocycles. The number of rotatable bonds is 5. The minimum atomic E-state index is -3.64. The number of benzene rings is 1. The molecule has 0 fully saturated rings. The molecule has 0 aliphatic rings. The van der Waals surface area contributed by atoms with Crippen LogP contribution in [0.3, 0.4) is 0 Å². The van der Waals surface area contributed by atoms with Crippen LogP contribution in [0, 0.1) is 13.8 Å². The van der Waals surface area contributed by atoms with Crippen molar-refractivity contribution in [1.29, 1.82) is 0 Å². The Kier molecular flexibility index (Phi) is 5.44. The number of nitrogens with zero attached hydrogens (tertiary/aromatic N) is 2. The highest BCUT2D eigenvalue weighted by Gasteiger charge is 2.19. The minimum Gasteiger partial charge on any atom is -0.363 e. The van der Waals surface area contributed by atoms with Crippen LogP contribution in [0.1, 0.15) is 21.5 Å². The Bertz CT molecular complexity index is 891. The average Bonchev–Trinajstić information content (AvgIpc) is 2.57. The van der Waals surface area contributed by atoms with Crippen LogP contribution in [0.5, 0.6) is 0 Å².